The number of allylic oxidation sites excluding steroid dienone is 14. The maximum Gasteiger partial charge on any atom is 0.472 e. The molecule has 0 bridgehead atoms. The lowest BCUT2D eigenvalue weighted by Gasteiger charge is -2.41. The Labute approximate surface area is 401 Å². The molecule has 1 saturated carbocycles. The first-order valence-electron chi connectivity index (χ1n) is 24.6. The van der Waals surface area contributed by atoms with Crippen molar-refractivity contribution in [2.45, 2.75) is 204 Å². The molecule has 15 heteroatoms. The van der Waals surface area contributed by atoms with E-state index in [1.807, 2.05) is 61.6 Å². The number of ether oxygens (including phenoxy) is 2. The third-order valence-electron chi connectivity index (χ3n) is 10.7. The van der Waals surface area contributed by atoms with Crippen LogP contribution >= 0.6 is 7.82 Å². The van der Waals surface area contributed by atoms with E-state index in [4.69, 9.17) is 18.5 Å². The lowest BCUT2D eigenvalue weighted by atomic mass is 9.85. The fourth-order valence-electron chi connectivity index (χ4n) is 6.76. The maximum atomic E-state index is 12.8. The van der Waals surface area contributed by atoms with Crippen molar-refractivity contribution in [3.63, 3.8) is 0 Å². The molecule has 1 aliphatic rings. The predicted molar refractivity (Wildman–Crippen MR) is 264 cm³/mol. The minimum Gasteiger partial charge on any atom is -0.462 e. The second-order valence-electron chi connectivity index (χ2n) is 16.8. The molecule has 14 nitrogen and oxygen atoms in total. The summed E-state index contributed by atoms with van der Waals surface area (Å²) in [6.07, 6.45) is 37.9. The average Bonchev–Trinajstić information content (AvgIpc) is 3.31. The number of rotatable bonds is 39. The number of aliphatic hydroxyl groups excluding tert-OH is 6. The van der Waals surface area contributed by atoms with E-state index in [1.165, 1.54) is 32.1 Å². The lowest BCUT2D eigenvalue weighted by Crippen LogP contribution is -2.64. The highest BCUT2D eigenvalue weighted by Gasteiger charge is 2.51. The molecule has 4 unspecified atom stereocenters. The third kappa shape index (κ3) is 33.0. The third-order valence-corrected chi connectivity index (χ3v) is 11.7. The molecule has 0 aromatic carbocycles. The monoisotopic (exact) mass is 965 g/mol. The van der Waals surface area contributed by atoms with Crippen molar-refractivity contribution in [1.29, 1.82) is 0 Å². The Kier molecular flexibility index (Phi) is 37.4. The van der Waals surface area contributed by atoms with Crippen LogP contribution in [-0.4, -0.2) is 110 Å². The first-order chi connectivity index (χ1) is 32.3. The van der Waals surface area contributed by atoms with Crippen molar-refractivity contribution < 1.29 is 68.2 Å². The molecular formula is C52H85O14P. The minimum atomic E-state index is -5.16. The molecular weight excluding hydrogens is 880 g/mol. The lowest BCUT2D eigenvalue weighted by molar-refractivity contribution is -0.220. The SMILES string of the molecule is CC/C=C\C(O)C/C=C/C=C\C/C=C\C/C=C\CCCC(=O)O[C@H](COC(=O)CCCCCCCC/C=C\C/C=C\C/C=C\CCCCCC)COP(=O)(O)OC1[C@H](O)[C@H](O)C(O)[C@H](O)[C@H]1O. The largest absolute Gasteiger partial charge is 0.472 e. The van der Waals surface area contributed by atoms with Gasteiger partial charge in [-0.05, 0) is 83.5 Å². The number of esters is 2. The van der Waals surface area contributed by atoms with Crippen LogP contribution in [0.1, 0.15) is 155 Å². The zero-order valence-corrected chi connectivity index (χ0v) is 41.2. The maximum absolute atomic E-state index is 12.8. The zero-order valence-electron chi connectivity index (χ0n) is 40.3. The molecule has 9 atom stereocenters. The molecule has 0 heterocycles. The molecule has 382 valence electrons. The van der Waals surface area contributed by atoms with Gasteiger partial charge in [0.15, 0.2) is 6.10 Å². The van der Waals surface area contributed by atoms with Crippen LogP contribution in [0.25, 0.3) is 0 Å². The van der Waals surface area contributed by atoms with E-state index in [1.54, 1.807) is 6.08 Å². The second-order valence-corrected chi connectivity index (χ2v) is 18.2. The number of hydrogen-bond donors (Lipinski definition) is 7. The summed E-state index contributed by atoms with van der Waals surface area (Å²) in [5.41, 5.74) is 0. The summed E-state index contributed by atoms with van der Waals surface area (Å²) in [5.74, 6) is -1.22. The van der Waals surface area contributed by atoms with Crippen LogP contribution < -0.4 is 0 Å². The van der Waals surface area contributed by atoms with Crippen LogP contribution in [0.4, 0.5) is 0 Å². The summed E-state index contributed by atoms with van der Waals surface area (Å²) >= 11 is 0. The Morgan fingerprint density at radius 1 is 0.552 bits per heavy atom. The first-order valence-corrected chi connectivity index (χ1v) is 26.1. The number of aliphatic hydroxyl groups is 6. The topological polar surface area (TPSA) is 230 Å². The highest BCUT2D eigenvalue weighted by atomic mass is 31.2. The first kappa shape index (κ1) is 61.7. The minimum absolute atomic E-state index is 0.00819. The molecule has 0 radical (unpaired) electrons. The van der Waals surface area contributed by atoms with Gasteiger partial charge in [0, 0.05) is 12.8 Å². The normalized spacial score (nSPS) is 22.5. The van der Waals surface area contributed by atoms with Crippen LogP contribution in [0.15, 0.2) is 97.2 Å². The van der Waals surface area contributed by atoms with Crippen molar-refractivity contribution in [3.05, 3.63) is 97.2 Å². The van der Waals surface area contributed by atoms with Gasteiger partial charge in [-0.3, -0.25) is 18.6 Å². The number of hydrogen-bond acceptors (Lipinski definition) is 13. The summed E-state index contributed by atoms with van der Waals surface area (Å²) in [5, 5.41) is 60.0. The van der Waals surface area contributed by atoms with Gasteiger partial charge in [0.05, 0.1) is 12.7 Å². The Bertz CT molecular complexity index is 1550. The molecule has 0 amide bonds. The summed E-state index contributed by atoms with van der Waals surface area (Å²) in [7, 11) is -5.16. The number of carbonyl (C=O) groups excluding carboxylic acids is 2. The van der Waals surface area contributed by atoms with Crippen molar-refractivity contribution in [1.82, 2.24) is 0 Å². The van der Waals surface area contributed by atoms with Gasteiger partial charge in [-0.2, -0.15) is 0 Å². The number of phosphoric acid groups is 1. The Morgan fingerprint density at radius 2 is 1.03 bits per heavy atom. The van der Waals surface area contributed by atoms with Crippen LogP contribution in [0.5, 0.6) is 0 Å². The zero-order chi connectivity index (χ0) is 49.4. The van der Waals surface area contributed by atoms with Crippen molar-refractivity contribution in [3.8, 4) is 0 Å². The Balaban J connectivity index is 2.49. The molecule has 1 fully saturated rings. The molecule has 0 spiro atoms. The van der Waals surface area contributed by atoms with Gasteiger partial charge in [0.25, 0.3) is 0 Å². The standard InChI is InChI=1S/C52H85O14P/c1-3-5-7-8-9-10-11-12-13-14-15-16-17-18-19-23-26-29-32-35-39-45(54)63-41-44(42-64-67(61,62)66-52-50(59)48(57)47(56)49(58)51(52)60)65-46(55)40-36-33-30-27-24-21-20-22-25-28-31-34-38-43(53)37-6-4-2/h6,10-11,13-14,16-17,20-21,25,27-28,30-31,34,37,43-44,47-53,56-60H,3-5,7-9,12,15,18-19,22-24,26,29,32-33,35-36,38-42H2,1-2H3,(H,61,62)/b11-10-,14-13-,17-16-,21-20-,28-25-,30-27-,34-31+,37-6-/t43?,44-,47?,48-,49+,50-,51-,52?/m1/s1. The Morgan fingerprint density at radius 3 is 1.61 bits per heavy atom. The van der Waals surface area contributed by atoms with Gasteiger partial charge in [0.2, 0.25) is 0 Å². The van der Waals surface area contributed by atoms with Gasteiger partial charge in [0.1, 0.15) is 43.2 Å². The smallest absolute Gasteiger partial charge is 0.462 e. The molecule has 0 aliphatic heterocycles. The number of phosphoric ester groups is 1. The Hall–Kier alpha value is -3.27. The van der Waals surface area contributed by atoms with E-state index in [0.717, 1.165) is 64.2 Å². The van der Waals surface area contributed by atoms with Gasteiger partial charge in [-0.15, -0.1) is 0 Å². The van der Waals surface area contributed by atoms with Crippen LogP contribution in [0.2, 0.25) is 0 Å². The fourth-order valence-corrected chi connectivity index (χ4v) is 7.73. The van der Waals surface area contributed by atoms with Crippen LogP contribution in [0.3, 0.4) is 0 Å². The van der Waals surface area contributed by atoms with E-state index in [2.05, 4.69) is 43.4 Å². The van der Waals surface area contributed by atoms with E-state index < -0.39 is 81.8 Å². The molecule has 1 aliphatic carbocycles. The summed E-state index contributed by atoms with van der Waals surface area (Å²) < 4.78 is 33.5. The molecule has 0 saturated heterocycles. The second kappa shape index (κ2) is 40.6. The highest BCUT2D eigenvalue weighted by Crippen LogP contribution is 2.47. The van der Waals surface area contributed by atoms with Gasteiger partial charge >= 0.3 is 19.8 Å². The molecule has 0 aromatic heterocycles. The van der Waals surface area contributed by atoms with E-state index in [-0.39, 0.29) is 12.8 Å². The van der Waals surface area contributed by atoms with Crippen LogP contribution in [-0.2, 0) is 32.7 Å². The van der Waals surface area contributed by atoms with E-state index in [9.17, 15) is 49.7 Å². The van der Waals surface area contributed by atoms with E-state index >= 15 is 0 Å². The molecule has 0 aromatic rings. The number of unbranched alkanes of at least 4 members (excludes halogenated alkanes) is 11. The molecule has 67 heavy (non-hydrogen) atoms. The fraction of sp³-hybridized carbons (Fsp3) is 0.654. The van der Waals surface area contributed by atoms with Crippen molar-refractivity contribution >= 4 is 19.8 Å². The predicted octanol–water partition coefficient (Wildman–Crippen LogP) is 9.19. The highest BCUT2D eigenvalue weighted by molar-refractivity contribution is 7.47. The number of carbonyl (C=O) groups is 2. The quantitative estimate of drug-likeness (QED) is 0.0100. The van der Waals surface area contributed by atoms with Gasteiger partial charge in [-0.1, -0.05) is 156 Å². The summed E-state index contributed by atoms with van der Waals surface area (Å²) in [4.78, 5) is 35.8. The molecule has 1 rings (SSSR count). The molecule has 7 N–H and O–H groups in total. The summed E-state index contributed by atoms with van der Waals surface area (Å²) in [6, 6.07) is 0. The van der Waals surface area contributed by atoms with E-state index in [0.29, 0.717) is 32.1 Å². The van der Waals surface area contributed by atoms with Gasteiger partial charge < -0.3 is 45.0 Å². The average molecular weight is 965 g/mol. The van der Waals surface area contributed by atoms with Crippen molar-refractivity contribution in [2.75, 3.05) is 13.2 Å². The van der Waals surface area contributed by atoms with Crippen molar-refractivity contribution in [2.24, 2.45) is 0 Å². The van der Waals surface area contributed by atoms with Gasteiger partial charge in [-0.25, -0.2) is 4.57 Å². The van der Waals surface area contributed by atoms with Crippen LogP contribution in [0, 0.1) is 0 Å². The summed E-state index contributed by atoms with van der Waals surface area (Å²) in [6.45, 7) is 2.98.